The van der Waals surface area contributed by atoms with Gasteiger partial charge in [0, 0.05) is 13.1 Å². The van der Waals surface area contributed by atoms with E-state index in [-0.39, 0.29) is 5.82 Å². The summed E-state index contributed by atoms with van der Waals surface area (Å²) in [5, 5.41) is 10.5. The third-order valence-corrected chi connectivity index (χ3v) is 6.16. The summed E-state index contributed by atoms with van der Waals surface area (Å²) in [5.74, 6) is -0.293. The van der Waals surface area contributed by atoms with Crippen LogP contribution in [0.3, 0.4) is 0 Å². The van der Waals surface area contributed by atoms with Crippen molar-refractivity contribution in [1.29, 1.82) is 0 Å². The number of nitrogens with zero attached hydrogens (tertiary/aromatic N) is 1. The molecule has 0 aromatic heterocycles. The SMILES string of the molecule is Cc1ccc(CCN2CC=CC(C(=O)O)=C2SCCCc2ccc(F)cc2)cc1. The Hall–Kier alpha value is -2.53. The van der Waals surface area contributed by atoms with E-state index in [4.69, 9.17) is 0 Å². The first-order chi connectivity index (χ1) is 14.0. The Kier molecular flexibility index (Phi) is 7.53. The van der Waals surface area contributed by atoms with E-state index in [1.165, 1.54) is 23.3 Å². The highest BCUT2D eigenvalue weighted by Crippen LogP contribution is 2.29. The molecule has 0 atom stereocenters. The van der Waals surface area contributed by atoms with Crippen LogP contribution in [-0.4, -0.2) is 34.8 Å². The third-order valence-electron chi connectivity index (χ3n) is 4.91. The zero-order valence-corrected chi connectivity index (χ0v) is 17.4. The van der Waals surface area contributed by atoms with Gasteiger partial charge in [-0.05, 0) is 61.3 Å². The van der Waals surface area contributed by atoms with E-state index in [9.17, 15) is 14.3 Å². The lowest BCUT2D eigenvalue weighted by Crippen LogP contribution is -2.29. The summed E-state index contributed by atoms with van der Waals surface area (Å²) in [6.07, 6.45) is 6.26. The average Bonchev–Trinajstić information content (AvgIpc) is 2.72. The van der Waals surface area contributed by atoms with Crippen molar-refractivity contribution in [2.45, 2.75) is 26.2 Å². The molecular weight excluding hydrogens is 385 g/mol. The van der Waals surface area contributed by atoms with E-state index in [1.54, 1.807) is 30.0 Å². The molecule has 1 heterocycles. The maximum atomic E-state index is 13.0. The van der Waals surface area contributed by atoms with Crippen LogP contribution in [0.4, 0.5) is 4.39 Å². The van der Waals surface area contributed by atoms with Gasteiger partial charge in [0.1, 0.15) is 5.82 Å². The Morgan fingerprint density at radius 3 is 2.41 bits per heavy atom. The molecule has 0 saturated heterocycles. The fourth-order valence-electron chi connectivity index (χ4n) is 3.26. The standard InChI is InChI=1S/C24H26FNO2S/c1-18-6-8-20(9-7-18)14-16-26-15-2-5-22(24(27)28)23(26)29-17-3-4-19-10-12-21(25)13-11-19/h2,5-13H,3-4,14-17H2,1H3,(H,27,28). The highest BCUT2D eigenvalue weighted by Gasteiger charge is 2.21. The van der Waals surface area contributed by atoms with Crippen molar-refractivity contribution < 1.29 is 14.3 Å². The zero-order chi connectivity index (χ0) is 20.6. The first-order valence-electron chi connectivity index (χ1n) is 9.85. The van der Waals surface area contributed by atoms with E-state index < -0.39 is 5.97 Å². The van der Waals surface area contributed by atoms with Crippen LogP contribution in [0.15, 0.2) is 71.3 Å². The normalized spacial score (nSPS) is 13.8. The van der Waals surface area contributed by atoms with Gasteiger partial charge in [-0.1, -0.05) is 48.0 Å². The maximum Gasteiger partial charge on any atom is 0.338 e. The Morgan fingerprint density at radius 1 is 1.07 bits per heavy atom. The molecule has 0 saturated carbocycles. The molecule has 0 fully saturated rings. The fourth-order valence-corrected chi connectivity index (χ4v) is 4.40. The van der Waals surface area contributed by atoms with Gasteiger partial charge in [0.25, 0.3) is 0 Å². The van der Waals surface area contributed by atoms with Crippen LogP contribution in [0.25, 0.3) is 0 Å². The van der Waals surface area contributed by atoms with E-state index in [0.717, 1.165) is 48.7 Å². The molecule has 152 valence electrons. The van der Waals surface area contributed by atoms with Gasteiger partial charge in [-0.15, -0.1) is 11.8 Å². The van der Waals surface area contributed by atoms with Crippen LogP contribution >= 0.6 is 11.8 Å². The van der Waals surface area contributed by atoms with Gasteiger partial charge < -0.3 is 10.0 Å². The fraction of sp³-hybridized carbons (Fsp3) is 0.292. The second-order valence-corrected chi connectivity index (χ2v) is 8.27. The number of rotatable bonds is 9. The maximum absolute atomic E-state index is 13.0. The molecular formula is C24H26FNO2S. The summed E-state index contributed by atoms with van der Waals surface area (Å²) >= 11 is 1.60. The average molecular weight is 412 g/mol. The summed E-state index contributed by atoms with van der Waals surface area (Å²) in [6, 6.07) is 15.0. The highest BCUT2D eigenvalue weighted by atomic mass is 32.2. The molecule has 1 N–H and O–H groups in total. The molecule has 3 rings (SSSR count). The van der Waals surface area contributed by atoms with Crippen LogP contribution < -0.4 is 0 Å². The second-order valence-electron chi connectivity index (χ2n) is 7.19. The van der Waals surface area contributed by atoms with Crippen molar-refractivity contribution in [1.82, 2.24) is 4.90 Å². The molecule has 1 aliphatic heterocycles. The number of carbonyl (C=O) groups is 1. The third kappa shape index (κ3) is 6.23. The molecule has 2 aromatic carbocycles. The van der Waals surface area contributed by atoms with Crippen LogP contribution in [0.5, 0.6) is 0 Å². The van der Waals surface area contributed by atoms with Crippen LogP contribution in [0.2, 0.25) is 0 Å². The Bertz CT molecular complexity index is 888. The minimum absolute atomic E-state index is 0.224. The lowest BCUT2D eigenvalue weighted by Gasteiger charge is -2.29. The highest BCUT2D eigenvalue weighted by molar-refractivity contribution is 8.03. The molecule has 0 spiro atoms. The minimum Gasteiger partial charge on any atom is -0.478 e. The molecule has 29 heavy (non-hydrogen) atoms. The molecule has 3 nitrogen and oxygen atoms in total. The molecule has 0 bridgehead atoms. The molecule has 1 aliphatic rings. The van der Waals surface area contributed by atoms with Gasteiger partial charge in [0.15, 0.2) is 0 Å². The number of hydrogen-bond donors (Lipinski definition) is 1. The number of carboxylic acid groups (broad SMARTS) is 1. The molecule has 0 unspecified atom stereocenters. The molecule has 0 radical (unpaired) electrons. The van der Waals surface area contributed by atoms with Gasteiger partial charge in [0.2, 0.25) is 0 Å². The van der Waals surface area contributed by atoms with Crippen molar-refractivity contribution in [3.05, 3.63) is 93.8 Å². The first-order valence-corrected chi connectivity index (χ1v) is 10.8. The number of aryl methyl sites for hydroxylation is 2. The largest absolute Gasteiger partial charge is 0.478 e. The lowest BCUT2D eigenvalue weighted by atomic mass is 10.1. The first kappa shape index (κ1) is 21.2. The molecule has 2 aromatic rings. The van der Waals surface area contributed by atoms with E-state index in [1.807, 2.05) is 6.08 Å². The zero-order valence-electron chi connectivity index (χ0n) is 16.6. The lowest BCUT2D eigenvalue weighted by molar-refractivity contribution is -0.132. The van der Waals surface area contributed by atoms with E-state index in [2.05, 4.69) is 36.1 Å². The Balaban J connectivity index is 1.60. The van der Waals surface area contributed by atoms with Crippen molar-refractivity contribution >= 4 is 17.7 Å². The molecule has 0 aliphatic carbocycles. The Morgan fingerprint density at radius 2 is 1.72 bits per heavy atom. The number of benzene rings is 2. The number of hydrogen-bond acceptors (Lipinski definition) is 3. The van der Waals surface area contributed by atoms with Gasteiger partial charge in [-0.2, -0.15) is 0 Å². The van der Waals surface area contributed by atoms with Crippen molar-refractivity contribution in [2.75, 3.05) is 18.8 Å². The summed E-state index contributed by atoms with van der Waals surface area (Å²) in [5.41, 5.74) is 3.95. The molecule has 0 amide bonds. The predicted octanol–water partition coefficient (Wildman–Crippen LogP) is 5.21. The van der Waals surface area contributed by atoms with E-state index >= 15 is 0 Å². The van der Waals surface area contributed by atoms with Crippen molar-refractivity contribution in [3.63, 3.8) is 0 Å². The second kappa shape index (κ2) is 10.3. The van der Waals surface area contributed by atoms with Gasteiger partial charge in [0.05, 0.1) is 10.6 Å². The minimum atomic E-state index is -0.887. The summed E-state index contributed by atoms with van der Waals surface area (Å²) in [7, 11) is 0. The van der Waals surface area contributed by atoms with Crippen molar-refractivity contribution in [3.8, 4) is 0 Å². The van der Waals surface area contributed by atoms with Gasteiger partial charge in [-0.25, -0.2) is 9.18 Å². The summed E-state index contributed by atoms with van der Waals surface area (Å²) < 4.78 is 13.0. The smallest absolute Gasteiger partial charge is 0.338 e. The molecule has 5 heteroatoms. The topological polar surface area (TPSA) is 40.5 Å². The number of thioether (sulfide) groups is 1. The predicted molar refractivity (Wildman–Crippen MR) is 117 cm³/mol. The number of halogens is 1. The summed E-state index contributed by atoms with van der Waals surface area (Å²) in [4.78, 5) is 13.9. The van der Waals surface area contributed by atoms with E-state index in [0.29, 0.717) is 5.57 Å². The van der Waals surface area contributed by atoms with Crippen LogP contribution in [0.1, 0.15) is 23.1 Å². The quantitative estimate of drug-likeness (QED) is 0.575. The van der Waals surface area contributed by atoms with Crippen molar-refractivity contribution in [2.24, 2.45) is 0 Å². The Labute approximate surface area is 175 Å². The van der Waals surface area contributed by atoms with Crippen LogP contribution in [-0.2, 0) is 17.6 Å². The monoisotopic (exact) mass is 411 g/mol. The summed E-state index contributed by atoms with van der Waals surface area (Å²) in [6.45, 7) is 3.58. The number of aliphatic carboxylic acids is 1. The van der Waals surface area contributed by atoms with Crippen LogP contribution in [0, 0.1) is 12.7 Å². The van der Waals surface area contributed by atoms with Gasteiger partial charge >= 0.3 is 5.97 Å². The van der Waals surface area contributed by atoms with Gasteiger partial charge in [-0.3, -0.25) is 0 Å². The number of carboxylic acids is 1.